The molecule has 0 aliphatic heterocycles. The third-order valence-corrected chi connectivity index (χ3v) is 2.82. The average molecular weight is 265 g/mol. The molecular formula is C14H23N3O2. The zero-order valence-corrected chi connectivity index (χ0v) is 11.6. The highest BCUT2D eigenvalue weighted by molar-refractivity contribution is 5.84. The summed E-state index contributed by atoms with van der Waals surface area (Å²) in [7, 11) is 1.62. The predicted molar refractivity (Wildman–Crippen MR) is 77.4 cm³/mol. The second-order valence-electron chi connectivity index (χ2n) is 4.27. The van der Waals surface area contributed by atoms with E-state index >= 15 is 0 Å². The van der Waals surface area contributed by atoms with Crippen molar-refractivity contribution in [2.75, 3.05) is 25.5 Å². The van der Waals surface area contributed by atoms with E-state index in [-0.39, 0.29) is 11.9 Å². The summed E-state index contributed by atoms with van der Waals surface area (Å²) in [5.74, 6) is 0.766. The van der Waals surface area contributed by atoms with Crippen LogP contribution in [0.4, 0.5) is 5.69 Å². The van der Waals surface area contributed by atoms with Gasteiger partial charge in [0.1, 0.15) is 11.8 Å². The molecule has 0 aromatic heterocycles. The fraction of sp³-hybridized carbons (Fsp3) is 0.500. The summed E-state index contributed by atoms with van der Waals surface area (Å²) in [5, 5.41) is 6.08. The molecule has 0 saturated heterocycles. The van der Waals surface area contributed by atoms with Crippen molar-refractivity contribution in [2.24, 2.45) is 5.73 Å². The zero-order valence-electron chi connectivity index (χ0n) is 11.6. The van der Waals surface area contributed by atoms with E-state index in [0.29, 0.717) is 19.5 Å². The van der Waals surface area contributed by atoms with Crippen LogP contribution >= 0.6 is 0 Å². The standard InChI is InChI=1S/C14H23N3O2/c1-3-13(14(18)16-9-5-8-15)17-11-6-4-7-12(10-11)19-2/h4,6-7,10,13,17H,3,5,8-9,15H2,1-2H3,(H,16,18)/t13-/m1/s1. The van der Waals surface area contributed by atoms with Crippen LogP contribution in [-0.2, 0) is 4.79 Å². The molecule has 19 heavy (non-hydrogen) atoms. The zero-order chi connectivity index (χ0) is 14.1. The maximum absolute atomic E-state index is 12.0. The highest BCUT2D eigenvalue weighted by Crippen LogP contribution is 2.18. The van der Waals surface area contributed by atoms with Crippen molar-refractivity contribution in [3.63, 3.8) is 0 Å². The van der Waals surface area contributed by atoms with Gasteiger partial charge < -0.3 is 21.1 Å². The van der Waals surface area contributed by atoms with Crippen LogP contribution in [0, 0.1) is 0 Å². The Morgan fingerprint density at radius 1 is 1.47 bits per heavy atom. The Morgan fingerprint density at radius 2 is 2.26 bits per heavy atom. The molecule has 0 aliphatic carbocycles. The Bertz CT molecular complexity index is 396. The van der Waals surface area contributed by atoms with Crippen molar-refractivity contribution < 1.29 is 9.53 Å². The molecule has 0 bridgehead atoms. The van der Waals surface area contributed by atoms with Crippen LogP contribution in [0.5, 0.6) is 5.75 Å². The molecule has 1 atom stereocenters. The van der Waals surface area contributed by atoms with Gasteiger partial charge in [0.25, 0.3) is 0 Å². The summed E-state index contributed by atoms with van der Waals surface area (Å²) < 4.78 is 5.16. The van der Waals surface area contributed by atoms with E-state index in [4.69, 9.17) is 10.5 Å². The SMILES string of the molecule is CC[C@@H](Nc1cccc(OC)c1)C(=O)NCCCN. The number of carbonyl (C=O) groups is 1. The van der Waals surface area contributed by atoms with Crippen LogP contribution in [0.25, 0.3) is 0 Å². The molecule has 5 heteroatoms. The Hall–Kier alpha value is -1.75. The first-order valence-corrected chi connectivity index (χ1v) is 6.59. The minimum absolute atomic E-state index is 0.00114. The van der Waals surface area contributed by atoms with Crippen LogP contribution in [0.2, 0.25) is 0 Å². The molecule has 106 valence electrons. The van der Waals surface area contributed by atoms with E-state index in [1.54, 1.807) is 7.11 Å². The molecule has 0 saturated carbocycles. The molecule has 0 radical (unpaired) electrons. The number of rotatable bonds is 8. The Balaban J connectivity index is 2.57. The van der Waals surface area contributed by atoms with E-state index in [9.17, 15) is 4.79 Å². The van der Waals surface area contributed by atoms with E-state index in [1.807, 2.05) is 31.2 Å². The van der Waals surface area contributed by atoms with Gasteiger partial charge in [-0.2, -0.15) is 0 Å². The smallest absolute Gasteiger partial charge is 0.242 e. The van der Waals surface area contributed by atoms with Crippen molar-refractivity contribution in [3.8, 4) is 5.75 Å². The van der Waals surface area contributed by atoms with Crippen LogP contribution in [0.1, 0.15) is 19.8 Å². The van der Waals surface area contributed by atoms with Gasteiger partial charge in [-0.05, 0) is 31.5 Å². The van der Waals surface area contributed by atoms with Gasteiger partial charge in [0, 0.05) is 18.3 Å². The third-order valence-electron chi connectivity index (χ3n) is 2.82. The van der Waals surface area contributed by atoms with Gasteiger partial charge in [-0.3, -0.25) is 4.79 Å². The number of anilines is 1. The first-order valence-electron chi connectivity index (χ1n) is 6.59. The second kappa shape index (κ2) is 8.37. The first kappa shape index (κ1) is 15.3. The molecule has 0 unspecified atom stereocenters. The summed E-state index contributed by atoms with van der Waals surface area (Å²) in [4.78, 5) is 12.0. The van der Waals surface area contributed by atoms with Crippen LogP contribution < -0.4 is 21.1 Å². The van der Waals surface area contributed by atoms with Crippen LogP contribution in [0.3, 0.4) is 0 Å². The summed E-state index contributed by atoms with van der Waals surface area (Å²) in [5.41, 5.74) is 6.27. The summed E-state index contributed by atoms with van der Waals surface area (Å²) in [6, 6.07) is 7.30. The van der Waals surface area contributed by atoms with Gasteiger partial charge in [0.05, 0.1) is 7.11 Å². The Morgan fingerprint density at radius 3 is 2.89 bits per heavy atom. The van der Waals surface area contributed by atoms with Gasteiger partial charge in [0.15, 0.2) is 0 Å². The normalized spacial score (nSPS) is 11.7. The fourth-order valence-corrected chi connectivity index (χ4v) is 1.70. The lowest BCUT2D eigenvalue weighted by atomic mass is 10.2. The first-order chi connectivity index (χ1) is 9.21. The van der Waals surface area contributed by atoms with E-state index in [0.717, 1.165) is 17.9 Å². The molecule has 1 aromatic carbocycles. The maximum Gasteiger partial charge on any atom is 0.242 e. The van der Waals surface area contributed by atoms with Crippen molar-refractivity contribution >= 4 is 11.6 Å². The monoisotopic (exact) mass is 265 g/mol. The largest absolute Gasteiger partial charge is 0.497 e. The molecule has 5 nitrogen and oxygen atoms in total. The van der Waals surface area contributed by atoms with Crippen LogP contribution in [0.15, 0.2) is 24.3 Å². The van der Waals surface area contributed by atoms with Gasteiger partial charge in [-0.1, -0.05) is 13.0 Å². The molecule has 1 rings (SSSR count). The average Bonchev–Trinajstić information content (AvgIpc) is 2.45. The number of amides is 1. The number of hydrogen-bond acceptors (Lipinski definition) is 4. The van der Waals surface area contributed by atoms with Gasteiger partial charge in [-0.15, -0.1) is 0 Å². The number of benzene rings is 1. The summed E-state index contributed by atoms with van der Waals surface area (Å²) in [6.07, 6.45) is 1.51. The second-order valence-corrected chi connectivity index (χ2v) is 4.27. The number of hydrogen-bond donors (Lipinski definition) is 3. The van der Waals surface area contributed by atoms with Crippen molar-refractivity contribution in [2.45, 2.75) is 25.8 Å². The maximum atomic E-state index is 12.0. The lowest BCUT2D eigenvalue weighted by molar-refractivity contribution is -0.121. The fourth-order valence-electron chi connectivity index (χ4n) is 1.70. The minimum atomic E-state index is -0.245. The van der Waals surface area contributed by atoms with Crippen molar-refractivity contribution in [1.29, 1.82) is 0 Å². The van der Waals surface area contributed by atoms with E-state index < -0.39 is 0 Å². The Kier molecular flexibility index (Phi) is 6.74. The van der Waals surface area contributed by atoms with Crippen LogP contribution in [-0.4, -0.2) is 32.1 Å². The van der Waals surface area contributed by atoms with E-state index in [1.165, 1.54) is 0 Å². The molecule has 0 spiro atoms. The molecule has 0 heterocycles. The highest BCUT2D eigenvalue weighted by atomic mass is 16.5. The molecular weight excluding hydrogens is 242 g/mol. The number of nitrogens with two attached hydrogens (primary N) is 1. The topological polar surface area (TPSA) is 76.4 Å². The number of ether oxygens (including phenoxy) is 1. The molecule has 1 aromatic rings. The van der Waals surface area contributed by atoms with Gasteiger partial charge in [-0.25, -0.2) is 0 Å². The van der Waals surface area contributed by atoms with Gasteiger partial charge in [0.2, 0.25) is 5.91 Å². The van der Waals surface area contributed by atoms with Crippen molar-refractivity contribution in [3.05, 3.63) is 24.3 Å². The number of methoxy groups -OCH3 is 1. The summed E-state index contributed by atoms with van der Waals surface area (Å²) >= 11 is 0. The third kappa shape index (κ3) is 5.18. The molecule has 1 amide bonds. The Labute approximate surface area is 114 Å². The number of carbonyl (C=O) groups excluding carboxylic acids is 1. The molecule has 0 aliphatic rings. The summed E-state index contributed by atoms with van der Waals surface area (Å²) in [6.45, 7) is 3.17. The molecule has 4 N–H and O–H groups in total. The predicted octanol–water partition coefficient (Wildman–Crippen LogP) is 1.35. The highest BCUT2D eigenvalue weighted by Gasteiger charge is 2.15. The van der Waals surface area contributed by atoms with Gasteiger partial charge >= 0.3 is 0 Å². The van der Waals surface area contributed by atoms with Crippen molar-refractivity contribution in [1.82, 2.24) is 5.32 Å². The lowest BCUT2D eigenvalue weighted by Gasteiger charge is -2.18. The van der Waals surface area contributed by atoms with E-state index in [2.05, 4.69) is 10.6 Å². The molecule has 0 fully saturated rings. The lowest BCUT2D eigenvalue weighted by Crippen LogP contribution is -2.40. The quantitative estimate of drug-likeness (QED) is 0.620. The number of nitrogens with one attached hydrogen (secondary N) is 2. The minimum Gasteiger partial charge on any atom is -0.497 e.